The van der Waals surface area contributed by atoms with Gasteiger partial charge in [-0.3, -0.25) is 9.67 Å². The van der Waals surface area contributed by atoms with Crippen LogP contribution in [-0.4, -0.2) is 14.8 Å². The second-order valence-corrected chi connectivity index (χ2v) is 4.26. The molecular formula is C12H14N4. The molecule has 82 valence electrons. The highest BCUT2D eigenvalue weighted by Crippen LogP contribution is 2.24. The van der Waals surface area contributed by atoms with Gasteiger partial charge in [0.05, 0.1) is 17.6 Å². The van der Waals surface area contributed by atoms with Crippen LogP contribution in [0.25, 0.3) is 11.3 Å². The predicted octanol–water partition coefficient (Wildman–Crippen LogP) is 1.39. The Bertz CT molecular complexity index is 542. The molecule has 0 aliphatic carbocycles. The zero-order chi connectivity index (χ0) is 11.1. The topological polar surface area (TPSA) is 42.7 Å². The Labute approximate surface area is 94.3 Å². The SMILES string of the molecule is Cc1cc(-c2cnn(C)c2)nc2c1CNC2. The van der Waals surface area contributed by atoms with Gasteiger partial charge < -0.3 is 5.32 Å². The molecule has 0 radical (unpaired) electrons. The van der Waals surface area contributed by atoms with Crippen LogP contribution in [0.1, 0.15) is 16.8 Å². The van der Waals surface area contributed by atoms with E-state index in [1.807, 2.05) is 19.4 Å². The third-order valence-corrected chi connectivity index (χ3v) is 3.03. The van der Waals surface area contributed by atoms with Gasteiger partial charge in [0.25, 0.3) is 0 Å². The number of nitrogens with one attached hydrogen (secondary N) is 1. The van der Waals surface area contributed by atoms with E-state index in [9.17, 15) is 0 Å². The second kappa shape index (κ2) is 3.42. The van der Waals surface area contributed by atoms with E-state index in [0.29, 0.717) is 0 Å². The Hall–Kier alpha value is -1.68. The van der Waals surface area contributed by atoms with E-state index < -0.39 is 0 Å². The summed E-state index contributed by atoms with van der Waals surface area (Å²) in [6.45, 7) is 3.97. The normalized spacial score (nSPS) is 14.1. The van der Waals surface area contributed by atoms with Gasteiger partial charge in [-0.15, -0.1) is 0 Å². The van der Waals surface area contributed by atoms with E-state index in [0.717, 1.165) is 24.3 Å². The lowest BCUT2D eigenvalue weighted by atomic mass is 10.1. The minimum absolute atomic E-state index is 0.879. The van der Waals surface area contributed by atoms with Gasteiger partial charge >= 0.3 is 0 Å². The zero-order valence-electron chi connectivity index (χ0n) is 9.49. The Morgan fingerprint density at radius 3 is 3.00 bits per heavy atom. The highest BCUT2D eigenvalue weighted by molar-refractivity contribution is 5.59. The van der Waals surface area contributed by atoms with E-state index in [-0.39, 0.29) is 0 Å². The fourth-order valence-electron chi connectivity index (χ4n) is 2.16. The molecule has 1 N–H and O–H groups in total. The molecule has 3 heterocycles. The van der Waals surface area contributed by atoms with Crippen LogP contribution in [0, 0.1) is 6.92 Å². The highest BCUT2D eigenvalue weighted by Gasteiger charge is 2.16. The summed E-state index contributed by atoms with van der Waals surface area (Å²) in [5.41, 5.74) is 5.95. The van der Waals surface area contributed by atoms with Crippen molar-refractivity contribution in [3.63, 3.8) is 0 Å². The minimum Gasteiger partial charge on any atom is -0.307 e. The molecule has 2 aromatic heterocycles. The van der Waals surface area contributed by atoms with Gasteiger partial charge in [0.2, 0.25) is 0 Å². The van der Waals surface area contributed by atoms with Crippen molar-refractivity contribution in [2.75, 3.05) is 0 Å². The molecule has 4 heteroatoms. The lowest BCUT2D eigenvalue weighted by Crippen LogP contribution is -2.00. The molecular weight excluding hydrogens is 200 g/mol. The summed E-state index contributed by atoms with van der Waals surface area (Å²) in [6, 6.07) is 2.14. The smallest absolute Gasteiger partial charge is 0.0740 e. The van der Waals surface area contributed by atoms with Crippen LogP contribution < -0.4 is 5.32 Å². The molecule has 4 nitrogen and oxygen atoms in total. The first-order valence-corrected chi connectivity index (χ1v) is 5.43. The summed E-state index contributed by atoms with van der Waals surface area (Å²) in [7, 11) is 1.92. The molecule has 3 rings (SSSR count). The summed E-state index contributed by atoms with van der Waals surface area (Å²) in [6.07, 6.45) is 3.85. The number of aromatic nitrogens is 3. The van der Waals surface area contributed by atoms with E-state index in [1.165, 1.54) is 16.8 Å². The summed E-state index contributed by atoms with van der Waals surface area (Å²) in [5, 5.41) is 7.51. The molecule has 1 aliphatic heterocycles. The van der Waals surface area contributed by atoms with Crippen LogP contribution in [0.5, 0.6) is 0 Å². The molecule has 0 bridgehead atoms. The van der Waals surface area contributed by atoms with Crippen LogP contribution in [-0.2, 0) is 20.1 Å². The Morgan fingerprint density at radius 2 is 2.25 bits per heavy atom. The third kappa shape index (κ3) is 1.42. The summed E-state index contributed by atoms with van der Waals surface area (Å²) < 4.78 is 1.80. The zero-order valence-corrected chi connectivity index (χ0v) is 9.49. The fourth-order valence-corrected chi connectivity index (χ4v) is 2.16. The van der Waals surface area contributed by atoms with Crippen molar-refractivity contribution >= 4 is 0 Å². The number of rotatable bonds is 1. The van der Waals surface area contributed by atoms with Crippen LogP contribution in [0.15, 0.2) is 18.5 Å². The molecule has 0 saturated carbocycles. The van der Waals surface area contributed by atoms with Crippen LogP contribution in [0.2, 0.25) is 0 Å². The molecule has 0 amide bonds. The molecule has 0 fully saturated rings. The first-order valence-electron chi connectivity index (χ1n) is 5.43. The quantitative estimate of drug-likeness (QED) is 0.780. The molecule has 2 aromatic rings. The first kappa shape index (κ1) is 9.54. The maximum atomic E-state index is 4.68. The van der Waals surface area contributed by atoms with Crippen molar-refractivity contribution in [2.45, 2.75) is 20.0 Å². The van der Waals surface area contributed by atoms with Gasteiger partial charge in [-0.1, -0.05) is 0 Å². The van der Waals surface area contributed by atoms with Gasteiger partial charge in [-0.05, 0) is 24.1 Å². The van der Waals surface area contributed by atoms with Crippen LogP contribution in [0.4, 0.5) is 0 Å². The number of aryl methyl sites for hydroxylation is 2. The van der Waals surface area contributed by atoms with Gasteiger partial charge in [-0.2, -0.15) is 5.10 Å². The molecule has 1 aliphatic rings. The third-order valence-electron chi connectivity index (χ3n) is 3.03. The van der Waals surface area contributed by atoms with Crippen LogP contribution in [0.3, 0.4) is 0 Å². The van der Waals surface area contributed by atoms with E-state index in [4.69, 9.17) is 0 Å². The molecule has 0 unspecified atom stereocenters. The molecule has 16 heavy (non-hydrogen) atoms. The van der Waals surface area contributed by atoms with Gasteiger partial charge in [-0.25, -0.2) is 0 Å². The number of nitrogens with zero attached hydrogens (tertiary/aromatic N) is 3. The van der Waals surface area contributed by atoms with Gasteiger partial charge in [0.1, 0.15) is 0 Å². The van der Waals surface area contributed by atoms with E-state index >= 15 is 0 Å². The molecule has 0 aromatic carbocycles. The van der Waals surface area contributed by atoms with Crippen molar-refractivity contribution < 1.29 is 0 Å². The maximum Gasteiger partial charge on any atom is 0.0740 e. The van der Waals surface area contributed by atoms with Crippen molar-refractivity contribution in [1.29, 1.82) is 0 Å². The Kier molecular flexibility index (Phi) is 2.04. The van der Waals surface area contributed by atoms with E-state index in [2.05, 4.69) is 28.4 Å². The van der Waals surface area contributed by atoms with Gasteiger partial charge in [0, 0.05) is 31.9 Å². The highest BCUT2D eigenvalue weighted by atomic mass is 15.2. The largest absolute Gasteiger partial charge is 0.307 e. The average molecular weight is 214 g/mol. The number of pyridine rings is 1. The first-order chi connectivity index (χ1) is 7.74. The fraction of sp³-hybridized carbons (Fsp3) is 0.333. The lowest BCUT2D eigenvalue weighted by Gasteiger charge is -2.05. The van der Waals surface area contributed by atoms with Crippen molar-refractivity contribution in [2.24, 2.45) is 7.05 Å². The van der Waals surface area contributed by atoms with Crippen LogP contribution >= 0.6 is 0 Å². The van der Waals surface area contributed by atoms with Crippen molar-refractivity contribution in [3.05, 3.63) is 35.3 Å². The molecule has 0 atom stereocenters. The van der Waals surface area contributed by atoms with E-state index in [1.54, 1.807) is 4.68 Å². The Balaban J connectivity index is 2.12. The summed E-state index contributed by atoms with van der Waals surface area (Å²) >= 11 is 0. The molecule has 0 spiro atoms. The number of fused-ring (bicyclic) bond motifs is 1. The summed E-state index contributed by atoms with van der Waals surface area (Å²) in [5.74, 6) is 0. The maximum absolute atomic E-state index is 4.68. The van der Waals surface area contributed by atoms with Crippen molar-refractivity contribution in [1.82, 2.24) is 20.1 Å². The summed E-state index contributed by atoms with van der Waals surface area (Å²) in [4.78, 5) is 4.68. The second-order valence-electron chi connectivity index (χ2n) is 4.26. The average Bonchev–Trinajstić information content (AvgIpc) is 2.85. The minimum atomic E-state index is 0.879. The van der Waals surface area contributed by atoms with Crippen molar-refractivity contribution in [3.8, 4) is 11.3 Å². The molecule has 0 saturated heterocycles. The standard InChI is InChI=1S/C12H14N4/c1-8-3-11(9-4-14-16(2)7-9)15-12-6-13-5-10(8)12/h3-4,7,13H,5-6H2,1-2H3. The lowest BCUT2D eigenvalue weighted by molar-refractivity contribution is 0.757. The monoisotopic (exact) mass is 214 g/mol. The number of hydrogen-bond donors (Lipinski definition) is 1. The van der Waals surface area contributed by atoms with Gasteiger partial charge in [0.15, 0.2) is 0 Å². The number of hydrogen-bond acceptors (Lipinski definition) is 3. The predicted molar refractivity (Wildman–Crippen MR) is 61.7 cm³/mol. The Morgan fingerprint density at radius 1 is 1.38 bits per heavy atom.